The summed E-state index contributed by atoms with van der Waals surface area (Å²) in [6.45, 7) is 1.48. The highest BCUT2D eigenvalue weighted by Crippen LogP contribution is 2.30. The van der Waals surface area contributed by atoms with Crippen molar-refractivity contribution in [2.45, 2.75) is 18.9 Å². The third-order valence-electron chi connectivity index (χ3n) is 5.80. The highest BCUT2D eigenvalue weighted by molar-refractivity contribution is 5.99. The minimum Gasteiger partial charge on any atom is -0.490 e. The van der Waals surface area contributed by atoms with Gasteiger partial charge in [-0.3, -0.25) is 0 Å². The summed E-state index contributed by atoms with van der Waals surface area (Å²) in [6.07, 6.45) is 3.86. The third kappa shape index (κ3) is 4.62. The van der Waals surface area contributed by atoms with Crippen LogP contribution in [0.3, 0.4) is 0 Å². The van der Waals surface area contributed by atoms with Crippen LogP contribution in [-0.2, 0) is 4.74 Å². The molecule has 0 amide bonds. The van der Waals surface area contributed by atoms with Gasteiger partial charge in [0.25, 0.3) is 0 Å². The van der Waals surface area contributed by atoms with E-state index in [-0.39, 0.29) is 11.7 Å². The zero-order valence-electron chi connectivity index (χ0n) is 18.0. The lowest BCUT2D eigenvalue weighted by molar-refractivity contribution is 0.0255. The lowest BCUT2D eigenvalue weighted by Crippen LogP contribution is -2.25. The maximum absolute atomic E-state index is 12.0. The first-order valence-corrected chi connectivity index (χ1v) is 11.0. The lowest BCUT2D eigenvalue weighted by atomic mass is 9.93. The Morgan fingerprint density at radius 1 is 1.00 bits per heavy atom. The van der Waals surface area contributed by atoms with Gasteiger partial charge in [0.2, 0.25) is 0 Å². The van der Waals surface area contributed by atoms with Crippen molar-refractivity contribution in [2.24, 2.45) is 0 Å². The second-order valence-corrected chi connectivity index (χ2v) is 8.02. The zero-order valence-corrected chi connectivity index (χ0v) is 18.0. The Bertz CT molecular complexity index is 1350. The summed E-state index contributed by atoms with van der Waals surface area (Å²) in [7, 11) is 0. The third-order valence-corrected chi connectivity index (χ3v) is 5.80. The van der Waals surface area contributed by atoms with Crippen molar-refractivity contribution in [3.63, 3.8) is 0 Å². The van der Waals surface area contributed by atoms with E-state index >= 15 is 0 Å². The van der Waals surface area contributed by atoms with Gasteiger partial charge in [0.15, 0.2) is 0 Å². The van der Waals surface area contributed by atoms with E-state index in [4.69, 9.17) is 9.47 Å². The summed E-state index contributed by atoms with van der Waals surface area (Å²) in [5.41, 5.74) is 4.19. The molecule has 4 aromatic rings. The number of ether oxygens (including phenoxy) is 2. The average molecular weight is 437 g/mol. The first-order valence-electron chi connectivity index (χ1n) is 11.0. The van der Waals surface area contributed by atoms with Crippen LogP contribution in [0.25, 0.3) is 22.0 Å². The first kappa shape index (κ1) is 20.9. The van der Waals surface area contributed by atoms with Crippen molar-refractivity contribution in [3.05, 3.63) is 89.6 Å². The number of aromatic amines is 1. The number of carboxylic acids is 1. The van der Waals surface area contributed by atoms with Gasteiger partial charge in [-0.15, -0.1) is 0 Å². The van der Waals surface area contributed by atoms with Crippen LogP contribution < -0.4 is 4.74 Å². The van der Waals surface area contributed by atoms with Gasteiger partial charge in [0.05, 0.1) is 18.8 Å². The largest absolute Gasteiger partial charge is 0.490 e. The predicted octanol–water partition coefficient (Wildman–Crippen LogP) is 5.49. The lowest BCUT2D eigenvalue weighted by Gasteiger charge is -2.23. The van der Waals surface area contributed by atoms with Gasteiger partial charge in [-0.2, -0.15) is 0 Å². The number of carboxylic acid groups (broad SMARTS) is 1. The molecule has 0 aliphatic carbocycles. The van der Waals surface area contributed by atoms with Crippen LogP contribution in [0.2, 0.25) is 0 Å². The monoisotopic (exact) mass is 437 g/mol. The smallest absolute Gasteiger partial charge is 0.336 e. The molecule has 2 N–H and O–H groups in total. The van der Waals surface area contributed by atoms with Crippen LogP contribution in [-0.4, -0.2) is 35.4 Å². The number of benzene rings is 3. The number of hydrogen-bond acceptors (Lipinski definition) is 3. The van der Waals surface area contributed by atoms with Crippen LogP contribution in [0.1, 0.15) is 34.3 Å². The molecule has 5 rings (SSSR count). The molecule has 0 saturated carbocycles. The highest BCUT2D eigenvalue weighted by atomic mass is 16.5. The Morgan fingerprint density at radius 3 is 2.61 bits per heavy atom. The Hall–Kier alpha value is -4.01. The van der Waals surface area contributed by atoms with Gasteiger partial charge >= 0.3 is 5.97 Å². The van der Waals surface area contributed by atoms with E-state index in [1.54, 1.807) is 12.1 Å². The van der Waals surface area contributed by atoms with Gasteiger partial charge in [-0.25, -0.2) is 4.79 Å². The second-order valence-electron chi connectivity index (χ2n) is 8.02. The van der Waals surface area contributed by atoms with E-state index < -0.39 is 5.97 Å². The molecule has 0 atom stereocenters. The Labute approximate surface area is 192 Å². The van der Waals surface area contributed by atoms with Crippen LogP contribution in [0, 0.1) is 11.8 Å². The Kier molecular flexibility index (Phi) is 5.84. The Morgan fingerprint density at radius 2 is 1.82 bits per heavy atom. The minimum absolute atomic E-state index is 0.189. The van der Waals surface area contributed by atoms with Gasteiger partial charge in [-0.05, 0) is 65.5 Å². The summed E-state index contributed by atoms with van der Waals surface area (Å²) in [5, 5.41) is 10.8. The molecule has 2 heterocycles. The molecule has 3 aromatic carbocycles. The molecule has 1 aliphatic rings. The summed E-state index contributed by atoms with van der Waals surface area (Å²) in [6, 6.07) is 20.7. The minimum atomic E-state index is -0.975. The topological polar surface area (TPSA) is 71.6 Å². The predicted molar refractivity (Wildman–Crippen MR) is 128 cm³/mol. The van der Waals surface area contributed by atoms with E-state index in [0.29, 0.717) is 11.1 Å². The number of hydrogen-bond donors (Lipinski definition) is 2. The van der Waals surface area contributed by atoms with E-state index in [0.717, 1.165) is 53.8 Å². The highest BCUT2D eigenvalue weighted by Gasteiger charge is 2.16. The molecule has 1 aromatic heterocycles. The molecule has 164 valence electrons. The number of nitrogens with one attached hydrogen (secondary N) is 1. The van der Waals surface area contributed by atoms with Crippen molar-refractivity contribution in [1.82, 2.24) is 4.98 Å². The number of H-pyrrole nitrogens is 1. The van der Waals surface area contributed by atoms with E-state index in [2.05, 4.69) is 16.8 Å². The van der Waals surface area contributed by atoms with Crippen molar-refractivity contribution < 1.29 is 19.4 Å². The molecule has 0 spiro atoms. The van der Waals surface area contributed by atoms with E-state index in [1.807, 2.05) is 60.8 Å². The molecule has 1 fully saturated rings. The number of carbonyl (C=O) groups is 1. The van der Waals surface area contributed by atoms with Gasteiger partial charge in [-0.1, -0.05) is 24.0 Å². The van der Waals surface area contributed by atoms with Crippen LogP contribution in [0.4, 0.5) is 0 Å². The van der Waals surface area contributed by atoms with E-state index in [9.17, 15) is 9.90 Å². The molecule has 1 saturated heterocycles. The molecular formula is C28H23NO4. The quantitative estimate of drug-likeness (QED) is 0.414. The molecule has 5 heteroatoms. The van der Waals surface area contributed by atoms with Crippen molar-refractivity contribution in [2.75, 3.05) is 13.2 Å². The standard InChI is InChI=1S/C28H23NO4/c30-28(31)25-3-1-2-20(27(25)22-8-11-26-21(18-22)12-15-29-26)7-4-19-5-9-23(10-6-19)33-24-13-16-32-17-14-24/h1-3,5-6,8-12,15,18,24,29H,13-14,16-17H2,(H,30,31). The van der Waals surface area contributed by atoms with Crippen LogP contribution in [0.5, 0.6) is 5.75 Å². The van der Waals surface area contributed by atoms with Crippen LogP contribution in [0.15, 0.2) is 72.9 Å². The molecular weight excluding hydrogens is 414 g/mol. The van der Waals surface area contributed by atoms with Crippen molar-refractivity contribution >= 4 is 16.9 Å². The maximum Gasteiger partial charge on any atom is 0.336 e. The number of rotatable bonds is 4. The molecule has 1 aliphatic heterocycles. The fourth-order valence-electron chi connectivity index (χ4n) is 4.10. The molecule has 33 heavy (non-hydrogen) atoms. The summed E-state index contributed by atoms with van der Waals surface area (Å²) in [4.78, 5) is 15.1. The van der Waals surface area contributed by atoms with Crippen molar-refractivity contribution in [1.29, 1.82) is 0 Å². The van der Waals surface area contributed by atoms with Gasteiger partial charge in [0, 0.05) is 41.2 Å². The fraction of sp³-hybridized carbons (Fsp3) is 0.179. The first-order chi connectivity index (χ1) is 16.2. The Balaban J connectivity index is 1.45. The van der Waals surface area contributed by atoms with Gasteiger partial charge in [0.1, 0.15) is 11.9 Å². The maximum atomic E-state index is 12.0. The van der Waals surface area contributed by atoms with Crippen LogP contribution >= 0.6 is 0 Å². The fourth-order valence-corrected chi connectivity index (χ4v) is 4.10. The molecule has 5 nitrogen and oxygen atoms in total. The summed E-state index contributed by atoms with van der Waals surface area (Å²) < 4.78 is 11.4. The molecule has 0 bridgehead atoms. The average Bonchev–Trinajstić information content (AvgIpc) is 3.32. The number of fused-ring (bicyclic) bond motifs is 1. The SMILES string of the molecule is O=C(O)c1cccc(C#Cc2ccc(OC3CCOCC3)cc2)c1-c1ccc2[nH]ccc2c1. The van der Waals surface area contributed by atoms with Crippen molar-refractivity contribution in [3.8, 4) is 28.7 Å². The number of aromatic nitrogens is 1. The number of aromatic carboxylic acids is 1. The normalized spacial score (nSPS) is 13.9. The van der Waals surface area contributed by atoms with Gasteiger partial charge < -0.3 is 19.6 Å². The second kappa shape index (κ2) is 9.23. The van der Waals surface area contributed by atoms with E-state index in [1.165, 1.54) is 0 Å². The summed E-state index contributed by atoms with van der Waals surface area (Å²) >= 11 is 0. The molecule has 0 radical (unpaired) electrons. The zero-order chi connectivity index (χ0) is 22.6. The molecule has 0 unspecified atom stereocenters. The summed E-state index contributed by atoms with van der Waals surface area (Å²) in [5.74, 6) is 6.21.